The summed E-state index contributed by atoms with van der Waals surface area (Å²) in [6.45, 7) is 2.06. The normalized spacial score (nSPS) is 16.2. The average molecular weight is 198 g/mol. The van der Waals surface area contributed by atoms with Gasteiger partial charge in [0.05, 0.1) is 0 Å². The Balaban J connectivity index is 0.000000845. The van der Waals surface area contributed by atoms with Gasteiger partial charge in [0.1, 0.15) is 0 Å². The summed E-state index contributed by atoms with van der Waals surface area (Å²) in [5, 5.41) is 0. The predicted octanol–water partition coefficient (Wildman–Crippen LogP) is 2.62. The number of rotatable bonds is 1. The van der Waals surface area contributed by atoms with Crippen LogP contribution in [0.1, 0.15) is 36.1 Å². The molecule has 0 saturated carbocycles. The van der Waals surface area contributed by atoms with Crippen LogP contribution in [0.25, 0.3) is 0 Å². The molecule has 2 rings (SSSR count). The van der Waals surface area contributed by atoms with Crippen LogP contribution in [-0.4, -0.2) is 0 Å². The van der Waals surface area contributed by atoms with E-state index in [-0.39, 0.29) is 18.4 Å². The summed E-state index contributed by atoms with van der Waals surface area (Å²) in [7, 11) is 0. The van der Waals surface area contributed by atoms with Crippen LogP contribution in [0, 0.1) is 0 Å². The molecule has 0 spiro atoms. The highest BCUT2D eigenvalue weighted by molar-refractivity contribution is 5.85. The van der Waals surface area contributed by atoms with Gasteiger partial charge in [-0.25, -0.2) is 0 Å². The minimum absolute atomic E-state index is 0. The molecule has 2 heteroatoms. The quantitative estimate of drug-likeness (QED) is 0.736. The summed E-state index contributed by atoms with van der Waals surface area (Å²) < 4.78 is 0. The first-order valence-electron chi connectivity index (χ1n) is 4.65. The number of fused-ring (bicyclic) bond motifs is 1. The molecule has 1 atom stereocenters. The maximum absolute atomic E-state index is 5.89. The van der Waals surface area contributed by atoms with Gasteiger partial charge >= 0.3 is 0 Å². The third kappa shape index (κ3) is 1.87. The van der Waals surface area contributed by atoms with Gasteiger partial charge in [0.25, 0.3) is 0 Å². The van der Waals surface area contributed by atoms with E-state index >= 15 is 0 Å². The fourth-order valence-electron chi connectivity index (χ4n) is 2.08. The van der Waals surface area contributed by atoms with Gasteiger partial charge in [-0.2, -0.15) is 0 Å². The Morgan fingerprint density at radius 3 is 2.77 bits per heavy atom. The lowest BCUT2D eigenvalue weighted by molar-refractivity contribution is 0.799. The van der Waals surface area contributed by atoms with E-state index in [0.717, 1.165) is 0 Å². The lowest BCUT2D eigenvalue weighted by Gasteiger charge is -2.10. The van der Waals surface area contributed by atoms with Crippen LogP contribution in [0.5, 0.6) is 0 Å². The molecule has 0 heterocycles. The van der Waals surface area contributed by atoms with Gasteiger partial charge < -0.3 is 5.73 Å². The van der Waals surface area contributed by atoms with Crippen LogP contribution in [0.3, 0.4) is 0 Å². The summed E-state index contributed by atoms with van der Waals surface area (Å²) in [5.74, 6) is 0. The molecule has 0 radical (unpaired) electrons. The number of hydrogen-bond donors (Lipinski definition) is 1. The molecule has 0 amide bonds. The molecule has 1 unspecified atom stereocenters. The van der Waals surface area contributed by atoms with Crippen LogP contribution in [0.2, 0.25) is 0 Å². The minimum Gasteiger partial charge on any atom is -0.324 e. The van der Waals surface area contributed by atoms with Crippen molar-refractivity contribution in [2.75, 3.05) is 0 Å². The Morgan fingerprint density at radius 2 is 2.08 bits per heavy atom. The zero-order chi connectivity index (χ0) is 8.55. The maximum atomic E-state index is 5.89. The van der Waals surface area contributed by atoms with Gasteiger partial charge in [-0.05, 0) is 42.9 Å². The predicted molar refractivity (Wildman–Crippen MR) is 58.3 cm³/mol. The molecule has 0 fully saturated rings. The van der Waals surface area contributed by atoms with E-state index in [9.17, 15) is 0 Å². The Hall–Kier alpha value is -0.530. The van der Waals surface area contributed by atoms with Gasteiger partial charge in [0.15, 0.2) is 0 Å². The second kappa shape index (κ2) is 4.12. The zero-order valence-electron chi connectivity index (χ0n) is 7.92. The van der Waals surface area contributed by atoms with E-state index < -0.39 is 0 Å². The molecule has 0 bridgehead atoms. The molecule has 1 aliphatic carbocycles. The molecule has 2 N–H and O–H groups in total. The Labute approximate surface area is 85.7 Å². The molecule has 0 aliphatic heterocycles. The Kier molecular flexibility index (Phi) is 3.34. The molecule has 72 valence electrons. The smallest absolute Gasteiger partial charge is 0.0268 e. The summed E-state index contributed by atoms with van der Waals surface area (Å²) in [6, 6.07) is 6.71. The topological polar surface area (TPSA) is 26.0 Å². The fourth-order valence-corrected chi connectivity index (χ4v) is 2.08. The first-order chi connectivity index (χ1) is 5.79. The van der Waals surface area contributed by atoms with E-state index in [2.05, 4.69) is 25.1 Å². The first kappa shape index (κ1) is 10.6. The standard InChI is InChI=1S/C11H15N.ClH/c1-8(12)10-6-2-4-9-5-3-7-11(9)10;/h2,4,6,8H,3,5,7,12H2,1H3;1H. The van der Waals surface area contributed by atoms with Gasteiger partial charge in [0, 0.05) is 6.04 Å². The van der Waals surface area contributed by atoms with E-state index in [4.69, 9.17) is 5.73 Å². The Bertz CT molecular complexity index is 294. The third-order valence-electron chi connectivity index (χ3n) is 2.67. The molecular formula is C11H16ClN. The van der Waals surface area contributed by atoms with Gasteiger partial charge in [-0.1, -0.05) is 18.2 Å². The second-order valence-corrected chi connectivity index (χ2v) is 3.63. The minimum atomic E-state index is 0. The lowest BCUT2D eigenvalue weighted by atomic mass is 9.99. The van der Waals surface area contributed by atoms with Crippen LogP contribution in [0.15, 0.2) is 18.2 Å². The Morgan fingerprint density at radius 1 is 1.31 bits per heavy atom. The lowest BCUT2D eigenvalue weighted by Crippen LogP contribution is -2.07. The third-order valence-corrected chi connectivity index (χ3v) is 2.67. The second-order valence-electron chi connectivity index (χ2n) is 3.63. The largest absolute Gasteiger partial charge is 0.324 e. The first-order valence-corrected chi connectivity index (χ1v) is 4.65. The van der Waals surface area contributed by atoms with Crippen molar-refractivity contribution in [2.45, 2.75) is 32.2 Å². The highest BCUT2D eigenvalue weighted by Crippen LogP contribution is 2.27. The molecule has 1 aromatic carbocycles. The van der Waals surface area contributed by atoms with Crippen LogP contribution in [0.4, 0.5) is 0 Å². The highest BCUT2D eigenvalue weighted by atomic mass is 35.5. The fraction of sp³-hybridized carbons (Fsp3) is 0.455. The molecule has 0 saturated heterocycles. The van der Waals surface area contributed by atoms with Crippen molar-refractivity contribution in [3.8, 4) is 0 Å². The molecule has 13 heavy (non-hydrogen) atoms. The van der Waals surface area contributed by atoms with Crippen molar-refractivity contribution < 1.29 is 0 Å². The van der Waals surface area contributed by atoms with E-state index in [1.54, 1.807) is 0 Å². The highest BCUT2D eigenvalue weighted by Gasteiger charge is 2.15. The van der Waals surface area contributed by atoms with Crippen LogP contribution in [-0.2, 0) is 12.8 Å². The maximum Gasteiger partial charge on any atom is 0.0268 e. The zero-order valence-corrected chi connectivity index (χ0v) is 8.73. The summed E-state index contributed by atoms with van der Waals surface area (Å²) in [4.78, 5) is 0. The number of nitrogens with two attached hydrogens (primary N) is 1. The van der Waals surface area contributed by atoms with Crippen molar-refractivity contribution in [3.05, 3.63) is 34.9 Å². The molecular weight excluding hydrogens is 182 g/mol. The van der Waals surface area contributed by atoms with Crippen molar-refractivity contribution in [1.82, 2.24) is 0 Å². The number of hydrogen-bond acceptors (Lipinski definition) is 1. The molecule has 1 nitrogen and oxygen atoms in total. The van der Waals surface area contributed by atoms with Crippen molar-refractivity contribution in [3.63, 3.8) is 0 Å². The number of halogens is 1. The van der Waals surface area contributed by atoms with E-state index in [1.165, 1.54) is 36.0 Å². The SMILES string of the molecule is CC(N)c1cccc2c1CCC2.Cl. The van der Waals surface area contributed by atoms with E-state index in [1.807, 2.05) is 0 Å². The summed E-state index contributed by atoms with van der Waals surface area (Å²) in [5.41, 5.74) is 10.3. The monoisotopic (exact) mass is 197 g/mol. The van der Waals surface area contributed by atoms with Crippen molar-refractivity contribution >= 4 is 12.4 Å². The molecule has 0 aromatic heterocycles. The number of aryl methyl sites for hydroxylation is 1. The average Bonchev–Trinajstić information content (AvgIpc) is 2.49. The number of benzene rings is 1. The molecule has 1 aromatic rings. The van der Waals surface area contributed by atoms with Crippen molar-refractivity contribution in [2.24, 2.45) is 5.73 Å². The van der Waals surface area contributed by atoms with Gasteiger partial charge in [-0.3, -0.25) is 0 Å². The van der Waals surface area contributed by atoms with Crippen LogP contribution < -0.4 is 5.73 Å². The van der Waals surface area contributed by atoms with Gasteiger partial charge in [0.2, 0.25) is 0 Å². The summed E-state index contributed by atoms with van der Waals surface area (Å²) in [6.07, 6.45) is 3.78. The van der Waals surface area contributed by atoms with Gasteiger partial charge in [-0.15, -0.1) is 12.4 Å². The summed E-state index contributed by atoms with van der Waals surface area (Å²) >= 11 is 0. The van der Waals surface area contributed by atoms with Crippen LogP contribution >= 0.6 is 12.4 Å². The molecule has 1 aliphatic rings. The van der Waals surface area contributed by atoms with Crippen molar-refractivity contribution in [1.29, 1.82) is 0 Å². The van der Waals surface area contributed by atoms with E-state index in [0.29, 0.717) is 0 Å².